The van der Waals surface area contributed by atoms with Crippen molar-refractivity contribution in [3.8, 4) is 5.75 Å². The second kappa shape index (κ2) is 8.57. The van der Waals surface area contributed by atoms with Crippen molar-refractivity contribution in [2.75, 3.05) is 39.9 Å². The third kappa shape index (κ3) is 4.32. The molecule has 2 atom stereocenters. The molecular formula is C21H28FN3O4. The number of carbonyl (C=O) groups excluding carboxylic acids is 2. The summed E-state index contributed by atoms with van der Waals surface area (Å²) in [6.07, 6.45) is 3.03. The van der Waals surface area contributed by atoms with Gasteiger partial charge in [-0.3, -0.25) is 4.79 Å². The number of nitrogens with one attached hydrogen (secondary N) is 1. The molecule has 0 aliphatic carbocycles. The predicted octanol–water partition coefficient (Wildman–Crippen LogP) is 1.80. The number of urea groups is 1. The van der Waals surface area contributed by atoms with Gasteiger partial charge in [0.2, 0.25) is 5.91 Å². The third-order valence-electron chi connectivity index (χ3n) is 6.27. The molecular weight excluding hydrogens is 377 g/mol. The van der Waals surface area contributed by atoms with Gasteiger partial charge >= 0.3 is 6.03 Å². The summed E-state index contributed by atoms with van der Waals surface area (Å²) in [7, 11) is 1.56. The number of nitrogens with zero attached hydrogens (tertiary/aromatic N) is 2. The summed E-state index contributed by atoms with van der Waals surface area (Å²) in [5.41, 5.74) is 0.620. The van der Waals surface area contributed by atoms with Crippen molar-refractivity contribution in [3.05, 3.63) is 29.6 Å². The predicted molar refractivity (Wildman–Crippen MR) is 104 cm³/mol. The molecule has 1 N–H and O–H groups in total. The van der Waals surface area contributed by atoms with E-state index in [9.17, 15) is 14.0 Å². The first-order chi connectivity index (χ1) is 14.0. The van der Waals surface area contributed by atoms with Crippen LogP contribution in [0.25, 0.3) is 0 Å². The SMILES string of the molecule is COc1cccc(F)c1CC1CCN(C(=O)N2CC[C@@H]3OCC(=O)N[C@@H]3C2)CC1. The van der Waals surface area contributed by atoms with Gasteiger partial charge in [0.1, 0.15) is 18.2 Å². The molecule has 1 aromatic rings. The normalized spacial score (nSPS) is 25.4. The quantitative estimate of drug-likeness (QED) is 0.833. The lowest BCUT2D eigenvalue weighted by Gasteiger charge is -2.43. The fourth-order valence-corrected chi connectivity index (χ4v) is 4.62. The largest absolute Gasteiger partial charge is 0.496 e. The van der Waals surface area contributed by atoms with E-state index in [1.807, 2.05) is 9.80 Å². The summed E-state index contributed by atoms with van der Waals surface area (Å²) >= 11 is 0. The zero-order valence-electron chi connectivity index (χ0n) is 16.7. The van der Waals surface area contributed by atoms with Crippen LogP contribution in [0.4, 0.5) is 9.18 Å². The number of morpholine rings is 1. The molecule has 3 fully saturated rings. The van der Waals surface area contributed by atoms with E-state index < -0.39 is 0 Å². The zero-order chi connectivity index (χ0) is 20.4. The highest BCUT2D eigenvalue weighted by molar-refractivity contribution is 5.79. The van der Waals surface area contributed by atoms with E-state index in [4.69, 9.17) is 9.47 Å². The highest BCUT2D eigenvalue weighted by Crippen LogP contribution is 2.29. The Hall–Kier alpha value is -2.35. The van der Waals surface area contributed by atoms with Crippen molar-refractivity contribution < 1.29 is 23.5 Å². The lowest BCUT2D eigenvalue weighted by atomic mass is 9.89. The van der Waals surface area contributed by atoms with Crippen LogP contribution in [0.3, 0.4) is 0 Å². The van der Waals surface area contributed by atoms with Gasteiger partial charge in [-0.25, -0.2) is 9.18 Å². The maximum absolute atomic E-state index is 14.2. The lowest BCUT2D eigenvalue weighted by Crippen LogP contribution is -2.62. The Bertz CT molecular complexity index is 766. The number of benzene rings is 1. The van der Waals surface area contributed by atoms with Crippen LogP contribution in [0.5, 0.6) is 5.75 Å². The van der Waals surface area contributed by atoms with E-state index in [0.29, 0.717) is 49.8 Å². The number of ether oxygens (including phenoxy) is 2. The summed E-state index contributed by atoms with van der Waals surface area (Å²) < 4.78 is 25.1. The number of halogens is 1. The molecule has 3 heterocycles. The summed E-state index contributed by atoms with van der Waals surface area (Å²) in [6.45, 7) is 2.56. The average molecular weight is 405 g/mol. The van der Waals surface area contributed by atoms with Gasteiger partial charge in [-0.05, 0) is 43.7 Å². The minimum atomic E-state index is -0.234. The fourth-order valence-electron chi connectivity index (χ4n) is 4.62. The molecule has 29 heavy (non-hydrogen) atoms. The van der Waals surface area contributed by atoms with E-state index in [1.54, 1.807) is 19.2 Å². The Balaban J connectivity index is 1.31. The van der Waals surface area contributed by atoms with Gasteiger partial charge in [-0.1, -0.05) is 6.07 Å². The highest BCUT2D eigenvalue weighted by Gasteiger charge is 2.38. The van der Waals surface area contributed by atoms with Crippen LogP contribution in [0.1, 0.15) is 24.8 Å². The van der Waals surface area contributed by atoms with Crippen molar-refractivity contribution in [1.29, 1.82) is 0 Å². The third-order valence-corrected chi connectivity index (χ3v) is 6.27. The van der Waals surface area contributed by atoms with Gasteiger partial charge in [-0.15, -0.1) is 0 Å². The van der Waals surface area contributed by atoms with E-state index in [0.717, 1.165) is 19.3 Å². The molecule has 3 saturated heterocycles. The number of likely N-dealkylation sites (tertiary alicyclic amines) is 2. The number of carbonyl (C=O) groups is 2. The number of rotatable bonds is 3. The van der Waals surface area contributed by atoms with E-state index >= 15 is 0 Å². The Morgan fingerprint density at radius 1 is 1.24 bits per heavy atom. The fraction of sp³-hybridized carbons (Fsp3) is 0.619. The van der Waals surface area contributed by atoms with Crippen molar-refractivity contribution in [2.24, 2.45) is 5.92 Å². The second-order valence-corrected chi connectivity index (χ2v) is 8.10. The summed E-state index contributed by atoms with van der Waals surface area (Å²) in [5.74, 6) is 0.553. The number of piperidine rings is 2. The molecule has 0 radical (unpaired) electrons. The van der Waals surface area contributed by atoms with Gasteiger partial charge in [0.25, 0.3) is 0 Å². The molecule has 3 amide bonds. The summed E-state index contributed by atoms with van der Waals surface area (Å²) in [6, 6.07) is 4.80. The average Bonchev–Trinajstić information content (AvgIpc) is 2.74. The van der Waals surface area contributed by atoms with Crippen LogP contribution in [-0.2, 0) is 16.0 Å². The van der Waals surface area contributed by atoms with Crippen molar-refractivity contribution in [3.63, 3.8) is 0 Å². The molecule has 0 aromatic heterocycles. The molecule has 3 aliphatic rings. The monoisotopic (exact) mass is 405 g/mol. The van der Waals surface area contributed by atoms with Gasteiger partial charge in [0.05, 0.1) is 19.3 Å². The molecule has 4 rings (SSSR count). The second-order valence-electron chi connectivity index (χ2n) is 8.10. The standard InChI is InChI=1S/C21H28FN3O4/c1-28-18-4-2-3-16(22)15(18)11-14-5-8-24(9-6-14)21(27)25-10-7-19-17(12-25)23-20(26)13-29-19/h2-4,14,17,19H,5-13H2,1H3,(H,23,26)/t17-,19+/m1/s1. The maximum Gasteiger partial charge on any atom is 0.320 e. The number of methoxy groups -OCH3 is 1. The number of hydrogen-bond donors (Lipinski definition) is 1. The van der Waals surface area contributed by atoms with Crippen molar-refractivity contribution in [1.82, 2.24) is 15.1 Å². The molecule has 7 nitrogen and oxygen atoms in total. The summed E-state index contributed by atoms with van der Waals surface area (Å²) in [5, 5.41) is 2.93. The maximum atomic E-state index is 14.2. The van der Waals surface area contributed by atoms with E-state index in [2.05, 4.69) is 5.32 Å². The Morgan fingerprint density at radius 3 is 2.76 bits per heavy atom. The van der Waals surface area contributed by atoms with Gasteiger partial charge in [-0.2, -0.15) is 0 Å². The molecule has 0 bridgehead atoms. The molecule has 0 spiro atoms. The van der Waals surface area contributed by atoms with Crippen LogP contribution < -0.4 is 10.1 Å². The highest BCUT2D eigenvalue weighted by atomic mass is 19.1. The van der Waals surface area contributed by atoms with E-state index in [-0.39, 0.29) is 36.5 Å². The van der Waals surface area contributed by atoms with Crippen LogP contribution in [0.15, 0.2) is 18.2 Å². The van der Waals surface area contributed by atoms with Crippen molar-refractivity contribution >= 4 is 11.9 Å². The summed E-state index contributed by atoms with van der Waals surface area (Å²) in [4.78, 5) is 28.2. The first-order valence-electron chi connectivity index (χ1n) is 10.3. The van der Waals surface area contributed by atoms with Crippen LogP contribution in [-0.4, -0.2) is 73.8 Å². The number of fused-ring (bicyclic) bond motifs is 1. The zero-order valence-corrected chi connectivity index (χ0v) is 16.7. The van der Waals surface area contributed by atoms with Gasteiger partial charge in [0.15, 0.2) is 0 Å². The minimum Gasteiger partial charge on any atom is -0.496 e. The molecule has 0 unspecified atom stereocenters. The smallest absolute Gasteiger partial charge is 0.320 e. The van der Waals surface area contributed by atoms with Crippen molar-refractivity contribution in [2.45, 2.75) is 37.8 Å². The Morgan fingerprint density at radius 2 is 2.00 bits per heavy atom. The first-order valence-corrected chi connectivity index (χ1v) is 10.3. The number of amides is 3. The molecule has 1 aromatic carbocycles. The van der Waals surface area contributed by atoms with Crippen LogP contribution >= 0.6 is 0 Å². The lowest BCUT2D eigenvalue weighted by molar-refractivity contribution is -0.139. The minimum absolute atomic E-state index is 0.00163. The Kier molecular flexibility index (Phi) is 5.89. The topological polar surface area (TPSA) is 71.1 Å². The first kappa shape index (κ1) is 19.9. The molecule has 8 heteroatoms. The van der Waals surface area contributed by atoms with E-state index in [1.165, 1.54) is 6.07 Å². The van der Waals surface area contributed by atoms with Gasteiger partial charge < -0.3 is 24.6 Å². The molecule has 158 valence electrons. The molecule has 0 saturated carbocycles. The Labute approximate surface area is 170 Å². The molecule has 3 aliphatic heterocycles. The van der Waals surface area contributed by atoms with Crippen LogP contribution in [0, 0.1) is 11.7 Å². The number of hydrogen-bond acceptors (Lipinski definition) is 4. The van der Waals surface area contributed by atoms with Gasteiger partial charge in [0, 0.05) is 31.7 Å². The van der Waals surface area contributed by atoms with Crippen LogP contribution in [0.2, 0.25) is 0 Å².